The van der Waals surface area contributed by atoms with Gasteiger partial charge in [-0.15, -0.1) is 0 Å². The van der Waals surface area contributed by atoms with Gasteiger partial charge in [-0.25, -0.2) is 15.0 Å². The van der Waals surface area contributed by atoms with Crippen LogP contribution in [0.1, 0.15) is 27.7 Å². The molecule has 0 spiro atoms. The van der Waals surface area contributed by atoms with Gasteiger partial charge in [-0.3, -0.25) is 0 Å². The number of para-hydroxylation sites is 1. The van der Waals surface area contributed by atoms with E-state index in [1.54, 1.807) is 0 Å². The van der Waals surface area contributed by atoms with Crippen molar-refractivity contribution in [3.8, 4) is 11.6 Å². The Morgan fingerprint density at radius 1 is 0.643 bits per heavy atom. The van der Waals surface area contributed by atoms with Crippen molar-refractivity contribution in [1.82, 2.24) is 29.1 Å². The summed E-state index contributed by atoms with van der Waals surface area (Å²) in [5.74, 6) is 1.25. The lowest BCUT2D eigenvalue weighted by molar-refractivity contribution is -0.143. The van der Waals surface area contributed by atoms with E-state index in [0.717, 1.165) is 27.8 Å². The van der Waals surface area contributed by atoms with E-state index in [4.69, 9.17) is 35.3 Å². The molecule has 0 aliphatic heterocycles. The maximum atomic E-state index is 6.09. The Hall–Kier alpha value is -3.61. The van der Waals surface area contributed by atoms with E-state index in [1.165, 1.54) is 12.7 Å². The number of nitrogens with zero attached hydrogens (tertiary/aromatic N) is 6. The predicted octanol–water partition coefficient (Wildman–Crippen LogP) is 6.11. The van der Waals surface area contributed by atoms with Crippen molar-refractivity contribution >= 4 is 33.7 Å². The van der Waals surface area contributed by atoms with Gasteiger partial charge in [-0.1, -0.05) is 29.8 Å². The smallest absolute Gasteiger partial charge is 0.247 e. The van der Waals surface area contributed by atoms with Crippen molar-refractivity contribution in [2.45, 2.75) is 53.4 Å². The summed E-state index contributed by atoms with van der Waals surface area (Å²) in [4.78, 5) is 16.8. The molecule has 0 N–H and O–H groups in total. The molecule has 1 aromatic carbocycles. The molecular weight excluding hydrogens is 560 g/mol. The highest BCUT2D eigenvalue weighted by Gasteiger charge is 2.16. The molecule has 0 aliphatic carbocycles. The zero-order valence-corrected chi connectivity index (χ0v) is 25.1. The van der Waals surface area contributed by atoms with Gasteiger partial charge >= 0.3 is 0 Å². The van der Waals surface area contributed by atoms with Gasteiger partial charge in [0.1, 0.15) is 29.4 Å². The van der Waals surface area contributed by atoms with Crippen LogP contribution in [0.4, 0.5) is 0 Å². The molecule has 0 saturated heterocycles. The Balaban J connectivity index is 0.000000201. The Morgan fingerprint density at radius 2 is 1.14 bits per heavy atom. The number of fused-ring (bicyclic) bond motifs is 2. The molecule has 0 unspecified atom stereocenters. The van der Waals surface area contributed by atoms with Gasteiger partial charge in [0.05, 0.1) is 24.1 Å². The van der Waals surface area contributed by atoms with Crippen LogP contribution in [-0.2, 0) is 32.0 Å². The van der Waals surface area contributed by atoms with Gasteiger partial charge in [0, 0.05) is 38.8 Å². The molecule has 11 nitrogen and oxygen atoms in total. The number of rotatable bonds is 14. The molecule has 0 bridgehead atoms. The number of halogens is 1. The highest BCUT2D eigenvalue weighted by atomic mass is 35.5. The average Bonchev–Trinajstić information content (AvgIpc) is 3.60. The zero-order chi connectivity index (χ0) is 29.7. The second-order valence-corrected chi connectivity index (χ2v) is 9.20. The molecule has 5 aromatic rings. The fraction of sp³-hybridized carbons (Fsp3) is 0.400. The molecule has 42 heavy (non-hydrogen) atoms. The number of benzene rings is 1. The zero-order valence-electron chi connectivity index (χ0n) is 24.4. The van der Waals surface area contributed by atoms with Crippen LogP contribution >= 0.6 is 11.6 Å². The van der Waals surface area contributed by atoms with Gasteiger partial charge in [0.15, 0.2) is 17.7 Å². The third-order valence-electron chi connectivity index (χ3n) is 6.08. The van der Waals surface area contributed by atoms with Crippen molar-refractivity contribution in [2.75, 3.05) is 26.4 Å². The van der Waals surface area contributed by atoms with Gasteiger partial charge in [0.25, 0.3) is 0 Å². The average molecular weight is 597 g/mol. The molecule has 224 valence electrons. The van der Waals surface area contributed by atoms with Gasteiger partial charge in [-0.2, -0.15) is 4.98 Å². The number of aromatic nitrogens is 6. The van der Waals surface area contributed by atoms with Crippen LogP contribution in [0, 0.1) is 0 Å². The fourth-order valence-corrected chi connectivity index (χ4v) is 4.59. The third-order valence-corrected chi connectivity index (χ3v) is 6.36. The Kier molecular flexibility index (Phi) is 12.0. The molecule has 0 atom stereocenters. The Morgan fingerprint density at radius 3 is 1.69 bits per heavy atom. The normalized spacial score (nSPS) is 11.4. The monoisotopic (exact) mass is 596 g/mol. The summed E-state index contributed by atoms with van der Waals surface area (Å²) in [7, 11) is 0. The van der Waals surface area contributed by atoms with Crippen molar-refractivity contribution in [1.29, 1.82) is 0 Å². The van der Waals surface area contributed by atoms with E-state index in [0.29, 0.717) is 50.6 Å². The molecule has 5 rings (SSSR count). The number of hydrogen-bond donors (Lipinski definition) is 0. The van der Waals surface area contributed by atoms with Crippen LogP contribution < -0.4 is 4.74 Å². The largest absolute Gasteiger partial charge is 0.437 e. The van der Waals surface area contributed by atoms with E-state index in [9.17, 15) is 0 Å². The lowest BCUT2D eigenvalue weighted by Crippen LogP contribution is -2.23. The first kappa shape index (κ1) is 31.3. The number of hydrogen-bond acceptors (Lipinski definition) is 9. The minimum atomic E-state index is -0.319. The van der Waals surface area contributed by atoms with E-state index in [2.05, 4.69) is 19.9 Å². The van der Waals surface area contributed by atoms with Crippen molar-refractivity contribution < 1.29 is 23.7 Å². The summed E-state index contributed by atoms with van der Waals surface area (Å²) >= 11 is 6.09. The highest BCUT2D eigenvalue weighted by molar-refractivity contribution is 6.33. The van der Waals surface area contributed by atoms with Gasteiger partial charge in [0.2, 0.25) is 5.88 Å². The second-order valence-electron chi connectivity index (χ2n) is 8.84. The van der Waals surface area contributed by atoms with Crippen LogP contribution in [0.2, 0.25) is 5.15 Å². The van der Waals surface area contributed by atoms with E-state index in [1.807, 2.05) is 91.7 Å². The topological polar surface area (TPSA) is 108 Å². The molecular formula is C30H37ClN6O5. The summed E-state index contributed by atoms with van der Waals surface area (Å²) < 4.78 is 32.2. The number of ether oxygens (including phenoxy) is 5. The molecule has 4 heterocycles. The van der Waals surface area contributed by atoms with Gasteiger partial charge in [-0.05, 0) is 52.0 Å². The fourth-order valence-electron chi connectivity index (χ4n) is 4.35. The highest BCUT2D eigenvalue weighted by Crippen LogP contribution is 2.27. The summed E-state index contributed by atoms with van der Waals surface area (Å²) in [5, 5.41) is 0.441. The molecule has 12 heteroatoms. The molecule has 0 fully saturated rings. The van der Waals surface area contributed by atoms with E-state index >= 15 is 0 Å². The summed E-state index contributed by atoms with van der Waals surface area (Å²) in [6.07, 6.45) is 6.22. The molecule has 0 saturated carbocycles. The first-order chi connectivity index (χ1) is 20.6. The standard InChI is InChI=1S/C18H21N3O3.C12H16ClN3O2/c1-3-22-16(23-4-2)12-21-11-10-15-17(21)18(20-13-19-15)24-14-8-6-5-7-9-14;1-3-17-10(18-4-2)7-16-6-5-9-11(16)12(13)15-8-14-9/h5-11,13,16H,3-4,12H2,1-2H3;5-6,8,10H,3-4,7H2,1-2H3. The first-order valence-corrected chi connectivity index (χ1v) is 14.4. The first-order valence-electron chi connectivity index (χ1n) is 14.0. The maximum Gasteiger partial charge on any atom is 0.247 e. The van der Waals surface area contributed by atoms with Gasteiger partial charge < -0.3 is 32.8 Å². The van der Waals surface area contributed by atoms with Crippen molar-refractivity contribution in [2.24, 2.45) is 0 Å². The summed E-state index contributed by atoms with van der Waals surface area (Å²) in [6.45, 7) is 11.3. The quantitative estimate of drug-likeness (QED) is 0.111. The minimum Gasteiger partial charge on any atom is -0.437 e. The maximum absolute atomic E-state index is 6.09. The molecule has 4 aromatic heterocycles. The Bertz CT molecular complexity index is 1500. The predicted molar refractivity (Wildman–Crippen MR) is 161 cm³/mol. The SMILES string of the molecule is CCOC(Cn1ccc2ncnc(Cl)c21)OCC.CCOC(Cn1ccc2ncnc(Oc3ccccc3)c21)OCC. The van der Waals surface area contributed by atoms with Crippen LogP contribution in [0.3, 0.4) is 0 Å². The summed E-state index contributed by atoms with van der Waals surface area (Å²) in [6, 6.07) is 13.4. The van der Waals surface area contributed by atoms with Crippen LogP contribution in [-0.4, -0.2) is 68.1 Å². The molecule has 0 radical (unpaired) electrons. The van der Waals surface area contributed by atoms with Crippen molar-refractivity contribution in [3.05, 3.63) is 72.7 Å². The molecule has 0 amide bonds. The molecule has 0 aliphatic rings. The Labute approximate surface area is 250 Å². The lowest BCUT2D eigenvalue weighted by Gasteiger charge is -2.18. The summed E-state index contributed by atoms with van der Waals surface area (Å²) in [5.41, 5.74) is 3.28. The van der Waals surface area contributed by atoms with E-state index < -0.39 is 0 Å². The van der Waals surface area contributed by atoms with E-state index in [-0.39, 0.29) is 12.6 Å². The van der Waals surface area contributed by atoms with Crippen LogP contribution in [0.25, 0.3) is 22.1 Å². The van der Waals surface area contributed by atoms with Crippen LogP contribution in [0.15, 0.2) is 67.5 Å². The minimum absolute atomic E-state index is 0.285. The lowest BCUT2D eigenvalue weighted by atomic mass is 10.3. The van der Waals surface area contributed by atoms with Crippen LogP contribution in [0.5, 0.6) is 11.6 Å². The second kappa shape index (κ2) is 16.1. The third kappa shape index (κ3) is 8.24. The van der Waals surface area contributed by atoms with Crippen molar-refractivity contribution in [3.63, 3.8) is 0 Å².